The van der Waals surface area contributed by atoms with Gasteiger partial charge in [0.25, 0.3) is 11.8 Å². The maximum Gasteiger partial charge on any atom is 0.255 e. The summed E-state index contributed by atoms with van der Waals surface area (Å²) in [6.45, 7) is 0. The average molecular weight is 410 g/mol. The molecule has 5 rings (SSSR count). The number of benzene rings is 3. The van der Waals surface area contributed by atoms with Crippen molar-refractivity contribution >= 4 is 29.3 Å². The van der Waals surface area contributed by atoms with Crippen LogP contribution in [0.15, 0.2) is 78.4 Å². The number of anilines is 2. The largest absolute Gasteiger partial charge is 0.497 e. The third-order valence-electron chi connectivity index (χ3n) is 6.01. The Kier molecular flexibility index (Phi) is 4.59. The number of para-hydroxylation sites is 1. The molecule has 5 heteroatoms. The summed E-state index contributed by atoms with van der Waals surface area (Å²) in [5, 5.41) is 5.94. The van der Waals surface area contributed by atoms with Crippen molar-refractivity contribution in [2.75, 3.05) is 17.7 Å². The van der Waals surface area contributed by atoms with Crippen LogP contribution < -0.4 is 15.4 Å². The minimum absolute atomic E-state index is 0.0520. The summed E-state index contributed by atoms with van der Waals surface area (Å²) in [6, 6.07) is 22.5. The number of nitrogens with one attached hydrogen (secondary N) is 2. The minimum Gasteiger partial charge on any atom is -0.497 e. The molecule has 31 heavy (non-hydrogen) atoms. The number of amides is 2. The van der Waals surface area contributed by atoms with Gasteiger partial charge in [0.1, 0.15) is 5.75 Å². The van der Waals surface area contributed by atoms with E-state index in [9.17, 15) is 9.59 Å². The quantitative estimate of drug-likeness (QED) is 0.594. The first-order valence-corrected chi connectivity index (χ1v) is 10.3. The number of hydrogen-bond acceptors (Lipinski definition) is 3. The van der Waals surface area contributed by atoms with Gasteiger partial charge in [-0.2, -0.15) is 0 Å². The SMILES string of the molecule is COc1ccc(C(=O)Nc2cccc(/C=C3\C(=O)Nc4ccccc4C34CC4)c2)cc1. The molecule has 1 fully saturated rings. The lowest BCUT2D eigenvalue weighted by Crippen LogP contribution is -2.30. The third kappa shape index (κ3) is 3.48. The molecule has 1 spiro atoms. The average Bonchev–Trinajstić information content (AvgIpc) is 3.58. The maximum atomic E-state index is 12.9. The van der Waals surface area contributed by atoms with E-state index in [-0.39, 0.29) is 17.2 Å². The van der Waals surface area contributed by atoms with Crippen LogP contribution in [0.3, 0.4) is 0 Å². The molecule has 0 atom stereocenters. The molecule has 3 aromatic rings. The lowest BCUT2D eigenvalue weighted by Gasteiger charge is -2.28. The van der Waals surface area contributed by atoms with Crippen LogP contribution >= 0.6 is 0 Å². The molecular weight excluding hydrogens is 388 g/mol. The molecule has 0 radical (unpaired) electrons. The first-order valence-electron chi connectivity index (χ1n) is 10.3. The molecule has 1 aliphatic heterocycles. The zero-order valence-corrected chi connectivity index (χ0v) is 17.1. The Morgan fingerprint density at radius 3 is 2.55 bits per heavy atom. The van der Waals surface area contributed by atoms with E-state index < -0.39 is 0 Å². The van der Waals surface area contributed by atoms with Crippen molar-refractivity contribution in [2.45, 2.75) is 18.3 Å². The van der Waals surface area contributed by atoms with E-state index in [1.54, 1.807) is 31.4 Å². The fourth-order valence-corrected chi connectivity index (χ4v) is 4.25. The van der Waals surface area contributed by atoms with Crippen molar-refractivity contribution < 1.29 is 14.3 Å². The maximum absolute atomic E-state index is 12.9. The smallest absolute Gasteiger partial charge is 0.255 e. The number of carbonyl (C=O) groups excluding carboxylic acids is 2. The summed E-state index contributed by atoms with van der Waals surface area (Å²) in [5.41, 5.74) is 4.78. The van der Waals surface area contributed by atoms with Gasteiger partial charge < -0.3 is 15.4 Å². The van der Waals surface area contributed by atoms with E-state index in [1.165, 1.54) is 5.56 Å². The predicted molar refractivity (Wildman–Crippen MR) is 121 cm³/mol. The molecule has 2 aliphatic rings. The van der Waals surface area contributed by atoms with Gasteiger partial charge in [0.05, 0.1) is 7.11 Å². The van der Waals surface area contributed by atoms with E-state index in [0.29, 0.717) is 17.0 Å². The van der Waals surface area contributed by atoms with Crippen molar-refractivity contribution in [3.8, 4) is 5.75 Å². The van der Waals surface area contributed by atoms with Gasteiger partial charge in [-0.05, 0) is 72.5 Å². The zero-order chi connectivity index (χ0) is 21.4. The Hall–Kier alpha value is -3.86. The van der Waals surface area contributed by atoms with Gasteiger partial charge >= 0.3 is 0 Å². The zero-order valence-electron chi connectivity index (χ0n) is 17.1. The Balaban J connectivity index is 1.41. The Bertz CT molecular complexity index is 1210. The van der Waals surface area contributed by atoms with Gasteiger partial charge in [-0.15, -0.1) is 0 Å². The van der Waals surface area contributed by atoms with Gasteiger partial charge in [0, 0.05) is 27.9 Å². The van der Waals surface area contributed by atoms with Crippen molar-refractivity contribution in [3.05, 3.63) is 95.1 Å². The summed E-state index contributed by atoms with van der Waals surface area (Å²) in [7, 11) is 1.59. The number of carbonyl (C=O) groups is 2. The number of rotatable bonds is 4. The minimum atomic E-state index is -0.199. The molecule has 1 saturated carbocycles. The monoisotopic (exact) mass is 410 g/mol. The Morgan fingerprint density at radius 2 is 1.81 bits per heavy atom. The number of hydrogen-bond donors (Lipinski definition) is 2. The summed E-state index contributed by atoms with van der Waals surface area (Å²) < 4.78 is 5.14. The Morgan fingerprint density at radius 1 is 1.03 bits per heavy atom. The predicted octanol–water partition coefficient (Wildman–Crippen LogP) is 5.01. The highest BCUT2D eigenvalue weighted by Gasteiger charge is 2.53. The Labute approximate surface area is 180 Å². The molecule has 0 aromatic heterocycles. The molecule has 2 amide bonds. The highest BCUT2D eigenvalue weighted by molar-refractivity contribution is 6.12. The van der Waals surface area contributed by atoms with Crippen LogP contribution in [0.5, 0.6) is 5.75 Å². The van der Waals surface area contributed by atoms with Crippen molar-refractivity contribution in [1.29, 1.82) is 0 Å². The molecule has 5 nitrogen and oxygen atoms in total. The van der Waals surface area contributed by atoms with Crippen LogP contribution in [0.2, 0.25) is 0 Å². The summed E-state index contributed by atoms with van der Waals surface area (Å²) in [5.74, 6) is 0.450. The lowest BCUT2D eigenvalue weighted by molar-refractivity contribution is -0.113. The highest BCUT2D eigenvalue weighted by Crippen LogP contribution is 2.58. The van der Waals surface area contributed by atoms with E-state index in [1.807, 2.05) is 48.5 Å². The van der Waals surface area contributed by atoms with Crippen molar-refractivity contribution in [2.24, 2.45) is 0 Å². The molecular formula is C26H22N2O3. The third-order valence-corrected chi connectivity index (χ3v) is 6.01. The van der Waals surface area contributed by atoms with Crippen LogP contribution in [0.4, 0.5) is 11.4 Å². The van der Waals surface area contributed by atoms with Crippen LogP contribution in [0.25, 0.3) is 6.08 Å². The second kappa shape index (κ2) is 7.43. The number of ether oxygens (including phenoxy) is 1. The lowest BCUT2D eigenvalue weighted by atomic mass is 9.82. The standard InChI is InChI=1S/C26H22N2O3/c1-31-20-11-9-18(10-12-20)24(29)27-19-6-4-5-17(15-19)16-22-25(30)28-23-8-3-2-7-21(23)26(22)13-14-26/h2-12,15-16H,13-14H2,1H3,(H,27,29)(H,28,30)/b22-16+. The summed E-state index contributed by atoms with van der Waals surface area (Å²) in [6.07, 6.45) is 3.88. The van der Waals surface area contributed by atoms with Gasteiger partial charge in [-0.25, -0.2) is 0 Å². The second-order valence-corrected chi connectivity index (χ2v) is 7.95. The van der Waals surface area contributed by atoms with E-state index in [0.717, 1.165) is 29.7 Å². The van der Waals surface area contributed by atoms with Gasteiger partial charge in [0.2, 0.25) is 0 Å². The first kappa shape index (κ1) is 19.1. The highest BCUT2D eigenvalue weighted by atomic mass is 16.5. The first-order chi connectivity index (χ1) is 15.1. The fraction of sp³-hybridized carbons (Fsp3) is 0.154. The van der Waals surface area contributed by atoms with Crippen LogP contribution in [0.1, 0.15) is 34.3 Å². The molecule has 2 N–H and O–H groups in total. The van der Waals surface area contributed by atoms with E-state index in [4.69, 9.17) is 4.74 Å². The molecule has 0 saturated heterocycles. The molecule has 1 heterocycles. The fourth-order valence-electron chi connectivity index (χ4n) is 4.25. The molecule has 0 bridgehead atoms. The van der Waals surface area contributed by atoms with Gasteiger partial charge in [0.15, 0.2) is 0 Å². The van der Waals surface area contributed by atoms with E-state index in [2.05, 4.69) is 16.7 Å². The number of fused-ring (bicyclic) bond motifs is 2. The van der Waals surface area contributed by atoms with Gasteiger partial charge in [-0.1, -0.05) is 30.3 Å². The van der Waals surface area contributed by atoms with Crippen LogP contribution in [-0.4, -0.2) is 18.9 Å². The summed E-state index contributed by atoms with van der Waals surface area (Å²) in [4.78, 5) is 25.4. The topological polar surface area (TPSA) is 67.4 Å². The van der Waals surface area contributed by atoms with Gasteiger partial charge in [-0.3, -0.25) is 9.59 Å². The van der Waals surface area contributed by atoms with Crippen LogP contribution in [-0.2, 0) is 10.2 Å². The molecule has 1 aliphatic carbocycles. The van der Waals surface area contributed by atoms with Crippen LogP contribution in [0, 0.1) is 0 Å². The molecule has 3 aromatic carbocycles. The molecule has 0 unspecified atom stereocenters. The number of methoxy groups -OCH3 is 1. The van der Waals surface area contributed by atoms with Crippen molar-refractivity contribution in [1.82, 2.24) is 0 Å². The van der Waals surface area contributed by atoms with E-state index >= 15 is 0 Å². The normalized spacial score (nSPS) is 17.1. The molecule has 154 valence electrons. The van der Waals surface area contributed by atoms with Crippen molar-refractivity contribution in [3.63, 3.8) is 0 Å². The summed E-state index contributed by atoms with van der Waals surface area (Å²) >= 11 is 0. The second-order valence-electron chi connectivity index (χ2n) is 7.95.